The van der Waals surface area contributed by atoms with Gasteiger partial charge in [0.15, 0.2) is 11.5 Å². The molecular weight excluding hydrogens is 280 g/mol. The third-order valence-electron chi connectivity index (χ3n) is 4.11. The summed E-state index contributed by atoms with van der Waals surface area (Å²) < 4.78 is 11.0. The first-order chi connectivity index (χ1) is 10.4. The Kier molecular flexibility index (Phi) is 4.96. The van der Waals surface area contributed by atoms with E-state index in [0.717, 1.165) is 13.0 Å². The number of carbonyl (C=O) groups is 1. The number of nitrogens with two attached hydrogens (primary N) is 1. The van der Waals surface area contributed by atoms with Crippen LogP contribution in [0.4, 0.5) is 0 Å². The molecule has 1 atom stereocenters. The van der Waals surface area contributed by atoms with Crippen molar-refractivity contribution in [3.05, 3.63) is 23.8 Å². The van der Waals surface area contributed by atoms with Crippen LogP contribution in [0.25, 0.3) is 0 Å². The molecule has 22 heavy (non-hydrogen) atoms. The van der Waals surface area contributed by atoms with Crippen LogP contribution >= 0.6 is 0 Å². The lowest BCUT2D eigenvalue weighted by Gasteiger charge is -2.23. The fourth-order valence-electron chi connectivity index (χ4n) is 2.70. The molecule has 2 rings (SSSR count). The quantitative estimate of drug-likeness (QED) is 0.906. The lowest BCUT2D eigenvalue weighted by Crippen LogP contribution is -2.34. The Bertz CT molecular complexity index is 545. The molecule has 1 amide bonds. The van der Waals surface area contributed by atoms with Crippen molar-refractivity contribution in [1.29, 1.82) is 0 Å². The van der Waals surface area contributed by atoms with Gasteiger partial charge in [0.2, 0.25) is 0 Å². The van der Waals surface area contributed by atoms with Gasteiger partial charge in [-0.25, -0.2) is 0 Å². The van der Waals surface area contributed by atoms with Gasteiger partial charge in [0, 0.05) is 18.7 Å². The van der Waals surface area contributed by atoms with Crippen LogP contribution in [0.15, 0.2) is 18.2 Å². The molecule has 0 aliphatic carbocycles. The lowest BCUT2D eigenvalue weighted by atomic mass is 9.90. The van der Waals surface area contributed by atoms with E-state index in [-0.39, 0.29) is 17.4 Å². The summed E-state index contributed by atoms with van der Waals surface area (Å²) in [5.41, 5.74) is 6.45. The van der Waals surface area contributed by atoms with Crippen molar-refractivity contribution in [2.24, 2.45) is 11.1 Å². The number of hydrogen-bond acceptors (Lipinski definition) is 4. The Hall–Kier alpha value is -1.75. The van der Waals surface area contributed by atoms with Gasteiger partial charge < -0.3 is 20.1 Å². The molecule has 0 bridgehead atoms. The number of amides is 1. The van der Waals surface area contributed by atoms with Crippen molar-refractivity contribution in [2.75, 3.05) is 26.7 Å². The van der Waals surface area contributed by atoms with Gasteiger partial charge in [0.25, 0.3) is 5.91 Å². The van der Waals surface area contributed by atoms with Crippen LogP contribution in [0.5, 0.6) is 11.5 Å². The highest BCUT2D eigenvalue weighted by atomic mass is 16.5. The Morgan fingerprint density at radius 2 is 2.14 bits per heavy atom. The smallest absolute Gasteiger partial charge is 0.254 e. The minimum atomic E-state index is 0.0200. The van der Waals surface area contributed by atoms with E-state index in [1.54, 1.807) is 25.3 Å². The van der Waals surface area contributed by atoms with Crippen molar-refractivity contribution in [3.8, 4) is 11.5 Å². The molecule has 1 saturated heterocycles. The molecule has 0 spiro atoms. The zero-order valence-corrected chi connectivity index (χ0v) is 13.9. The first kappa shape index (κ1) is 16.6. The summed E-state index contributed by atoms with van der Waals surface area (Å²) in [7, 11) is 1.58. The molecule has 1 fully saturated rings. The molecule has 1 aromatic rings. The lowest BCUT2D eigenvalue weighted by molar-refractivity contribution is 0.0776. The predicted octanol–water partition coefficient (Wildman–Crippen LogP) is 2.29. The van der Waals surface area contributed by atoms with Crippen LogP contribution in [-0.4, -0.2) is 43.7 Å². The fraction of sp³-hybridized carbons (Fsp3) is 0.588. The van der Waals surface area contributed by atoms with Crippen molar-refractivity contribution < 1.29 is 14.3 Å². The van der Waals surface area contributed by atoms with E-state index >= 15 is 0 Å². The molecule has 0 saturated carbocycles. The van der Waals surface area contributed by atoms with Gasteiger partial charge in [0.05, 0.1) is 13.2 Å². The molecule has 122 valence electrons. The summed E-state index contributed by atoms with van der Waals surface area (Å²) in [6, 6.07) is 5.34. The largest absolute Gasteiger partial charge is 0.493 e. The Balaban J connectivity index is 2.17. The van der Waals surface area contributed by atoms with Crippen molar-refractivity contribution >= 4 is 5.91 Å². The SMILES string of the molecule is COc1cc(C(=O)N2CCC(C)(CN)C2)ccc1OC(C)C. The number of methoxy groups -OCH3 is 1. The van der Waals surface area contributed by atoms with E-state index in [9.17, 15) is 4.79 Å². The number of likely N-dealkylation sites (tertiary alicyclic amines) is 1. The monoisotopic (exact) mass is 306 g/mol. The number of rotatable bonds is 5. The van der Waals surface area contributed by atoms with Crippen LogP contribution in [-0.2, 0) is 0 Å². The van der Waals surface area contributed by atoms with Gasteiger partial charge in [-0.2, -0.15) is 0 Å². The third kappa shape index (κ3) is 3.53. The molecule has 1 aromatic carbocycles. The Morgan fingerprint density at radius 1 is 1.41 bits per heavy atom. The minimum Gasteiger partial charge on any atom is -0.493 e. The van der Waals surface area contributed by atoms with Gasteiger partial charge >= 0.3 is 0 Å². The molecule has 0 radical (unpaired) electrons. The van der Waals surface area contributed by atoms with E-state index in [4.69, 9.17) is 15.2 Å². The molecule has 1 unspecified atom stereocenters. The van der Waals surface area contributed by atoms with E-state index in [1.165, 1.54) is 0 Å². The first-order valence-corrected chi connectivity index (χ1v) is 7.72. The number of benzene rings is 1. The zero-order valence-electron chi connectivity index (χ0n) is 13.9. The van der Waals surface area contributed by atoms with Crippen LogP contribution < -0.4 is 15.2 Å². The highest BCUT2D eigenvalue weighted by Gasteiger charge is 2.35. The Morgan fingerprint density at radius 3 is 2.68 bits per heavy atom. The van der Waals surface area contributed by atoms with Gasteiger partial charge in [-0.15, -0.1) is 0 Å². The number of nitrogens with zero attached hydrogens (tertiary/aromatic N) is 1. The number of carbonyl (C=O) groups excluding carboxylic acids is 1. The van der Waals surface area contributed by atoms with Crippen LogP contribution in [0.2, 0.25) is 0 Å². The standard InChI is InChI=1S/C17H26N2O3/c1-12(2)22-14-6-5-13(9-15(14)21-4)16(20)19-8-7-17(3,10-18)11-19/h5-6,9,12H,7-8,10-11,18H2,1-4H3. The summed E-state index contributed by atoms with van der Waals surface area (Å²) in [5, 5.41) is 0. The van der Waals surface area contributed by atoms with Gasteiger partial charge in [-0.05, 0) is 50.4 Å². The van der Waals surface area contributed by atoms with E-state index < -0.39 is 0 Å². The van der Waals surface area contributed by atoms with Gasteiger partial charge in [-0.3, -0.25) is 4.79 Å². The topological polar surface area (TPSA) is 64.8 Å². The summed E-state index contributed by atoms with van der Waals surface area (Å²) >= 11 is 0. The second-order valence-corrected chi connectivity index (χ2v) is 6.52. The normalized spacial score (nSPS) is 21.3. The molecule has 1 heterocycles. The highest BCUT2D eigenvalue weighted by Crippen LogP contribution is 2.32. The second kappa shape index (κ2) is 6.57. The fourth-order valence-corrected chi connectivity index (χ4v) is 2.70. The second-order valence-electron chi connectivity index (χ2n) is 6.52. The molecule has 2 N–H and O–H groups in total. The average molecular weight is 306 g/mol. The van der Waals surface area contributed by atoms with E-state index in [0.29, 0.717) is 30.2 Å². The van der Waals surface area contributed by atoms with Crippen molar-refractivity contribution in [3.63, 3.8) is 0 Å². The molecular formula is C17H26N2O3. The highest BCUT2D eigenvalue weighted by molar-refractivity contribution is 5.95. The molecule has 5 heteroatoms. The van der Waals surface area contributed by atoms with Crippen molar-refractivity contribution in [1.82, 2.24) is 4.90 Å². The predicted molar refractivity (Wildman–Crippen MR) is 86.4 cm³/mol. The van der Waals surface area contributed by atoms with Crippen molar-refractivity contribution in [2.45, 2.75) is 33.3 Å². The number of hydrogen-bond donors (Lipinski definition) is 1. The zero-order chi connectivity index (χ0) is 16.3. The molecule has 0 aromatic heterocycles. The molecule has 1 aliphatic heterocycles. The maximum absolute atomic E-state index is 12.6. The Labute approximate surface area is 132 Å². The number of ether oxygens (including phenoxy) is 2. The van der Waals surface area contributed by atoms with Crippen LogP contribution in [0, 0.1) is 5.41 Å². The van der Waals surface area contributed by atoms with E-state index in [2.05, 4.69) is 6.92 Å². The minimum absolute atomic E-state index is 0.0200. The third-order valence-corrected chi connectivity index (χ3v) is 4.11. The van der Waals surface area contributed by atoms with Crippen LogP contribution in [0.1, 0.15) is 37.6 Å². The van der Waals surface area contributed by atoms with Crippen LogP contribution in [0.3, 0.4) is 0 Å². The summed E-state index contributed by atoms with van der Waals surface area (Å²) in [5.74, 6) is 1.26. The summed E-state index contributed by atoms with van der Waals surface area (Å²) in [6.07, 6.45) is 1.00. The molecule has 1 aliphatic rings. The van der Waals surface area contributed by atoms with Gasteiger partial charge in [0.1, 0.15) is 0 Å². The van der Waals surface area contributed by atoms with E-state index in [1.807, 2.05) is 18.7 Å². The maximum Gasteiger partial charge on any atom is 0.254 e. The average Bonchev–Trinajstić information content (AvgIpc) is 2.89. The van der Waals surface area contributed by atoms with Gasteiger partial charge in [-0.1, -0.05) is 6.92 Å². The molecule has 5 nitrogen and oxygen atoms in total. The summed E-state index contributed by atoms with van der Waals surface area (Å²) in [4.78, 5) is 14.5. The first-order valence-electron chi connectivity index (χ1n) is 7.72. The maximum atomic E-state index is 12.6. The summed E-state index contributed by atoms with van der Waals surface area (Å²) in [6.45, 7) is 8.09.